The van der Waals surface area contributed by atoms with E-state index < -0.39 is 0 Å². The molecule has 1 amide bonds. The fraction of sp³-hybridized carbons (Fsp3) is 0.650. The lowest BCUT2D eigenvalue weighted by Gasteiger charge is -2.33. The van der Waals surface area contributed by atoms with E-state index in [-0.39, 0.29) is 12.4 Å². The number of para-hydroxylation sites is 1. The summed E-state index contributed by atoms with van der Waals surface area (Å²) in [5, 5.41) is 0. The number of hydrogen-bond donors (Lipinski definition) is 1. The molecule has 1 heterocycles. The van der Waals surface area contributed by atoms with Crippen molar-refractivity contribution in [3.05, 3.63) is 24.3 Å². The number of carbonyl (C=O) groups is 1. The Morgan fingerprint density at radius 2 is 1.84 bits per heavy atom. The SMILES string of the molecule is CSc1ccccc1[NH+]1CCN(C(=O)CCC2CCCCC2)CC1.[Cl-]. The fourth-order valence-corrected chi connectivity index (χ4v) is 4.84. The maximum Gasteiger partial charge on any atom is 0.222 e. The van der Waals surface area contributed by atoms with E-state index in [1.165, 1.54) is 47.6 Å². The van der Waals surface area contributed by atoms with Crippen LogP contribution in [0, 0.1) is 5.92 Å². The van der Waals surface area contributed by atoms with Crippen LogP contribution in [0.25, 0.3) is 0 Å². The third-order valence-electron chi connectivity index (χ3n) is 5.70. The minimum absolute atomic E-state index is 0. The third kappa shape index (κ3) is 5.63. The summed E-state index contributed by atoms with van der Waals surface area (Å²) in [6.45, 7) is 3.88. The van der Waals surface area contributed by atoms with Crippen LogP contribution in [-0.2, 0) is 4.79 Å². The maximum atomic E-state index is 12.5. The molecule has 0 spiro atoms. The van der Waals surface area contributed by atoms with Crippen molar-refractivity contribution in [1.82, 2.24) is 4.90 Å². The van der Waals surface area contributed by atoms with Crippen LogP contribution >= 0.6 is 11.8 Å². The van der Waals surface area contributed by atoms with E-state index >= 15 is 0 Å². The molecule has 0 aromatic heterocycles. The van der Waals surface area contributed by atoms with Gasteiger partial charge in [0.25, 0.3) is 0 Å². The Morgan fingerprint density at radius 3 is 2.52 bits per heavy atom. The molecular formula is C20H31ClN2OS. The Kier molecular flexibility index (Phi) is 8.60. The quantitative estimate of drug-likeness (QED) is 0.732. The molecule has 5 heteroatoms. The average molecular weight is 383 g/mol. The normalized spacial score (nSPS) is 19.5. The third-order valence-corrected chi connectivity index (χ3v) is 6.49. The first-order valence-corrected chi connectivity index (χ1v) is 10.8. The van der Waals surface area contributed by atoms with Crippen molar-refractivity contribution in [2.24, 2.45) is 5.92 Å². The number of nitrogens with one attached hydrogen (secondary N) is 1. The summed E-state index contributed by atoms with van der Waals surface area (Å²) in [6, 6.07) is 8.68. The molecule has 3 nitrogen and oxygen atoms in total. The molecule has 1 aromatic carbocycles. The Balaban J connectivity index is 0.00000225. The number of benzene rings is 1. The highest BCUT2D eigenvalue weighted by Crippen LogP contribution is 2.27. The topological polar surface area (TPSA) is 24.8 Å². The number of rotatable bonds is 5. The van der Waals surface area contributed by atoms with E-state index in [4.69, 9.17) is 0 Å². The van der Waals surface area contributed by atoms with Crippen molar-refractivity contribution in [2.45, 2.75) is 49.8 Å². The molecule has 1 N–H and O–H groups in total. The molecular weight excluding hydrogens is 352 g/mol. The molecule has 1 saturated carbocycles. The van der Waals surface area contributed by atoms with Gasteiger partial charge in [0.05, 0.1) is 31.1 Å². The van der Waals surface area contributed by atoms with Crippen LogP contribution in [0.15, 0.2) is 29.2 Å². The zero-order valence-corrected chi connectivity index (χ0v) is 16.9. The molecule has 0 radical (unpaired) electrons. The number of halogens is 1. The second-order valence-corrected chi connectivity index (χ2v) is 8.08. The highest BCUT2D eigenvalue weighted by atomic mass is 35.5. The fourth-order valence-electron chi connectivity index (χ4n) is 4.19. The standard InChI is InChI=1S/C20H30N2OS.ClH/c1-24-19-10-6-5-9-18(19)21-13-15-22(16-14-21)20(23)12-11-17-7-3-2-4-8-17;/h5-6,9-10,17H,2-4,7-8,11-16H2,1H3;1H. The summed E-state index contributed by atoms with van der Waals surface area (Å²) in [5.74, 6) is 1.20. The molecule has 1 aliphatic carbocycles. The summed E-state index contributed by atoms with van der Waals surface area (Å²) < 4.78 is 0. The summed E-state index contributed by atoms with van der Waals surface area (Å²) in [4.78, 5) is 17.5. The van der Waals surface area contributed by atoms with Crippen LogP contribution in [0.1, 0.15) is 44.9 Å². The summed E-state index contributed by atoms with van der Waals surface area (Å²) in [6.07, 6.45) is 10.8. The molecule has 25 heavy (non-hydrogen) atoms. The second-order valence-electron chi connectivity index (χ2n) is 7.23. The van der Waals surface area contributed by atoms with Crippen molar-refractivity contribution < 1.29 is 22.1 Å². The maximum absolute atomic E-state index is 12.5. The zero-order valence-electron chi connectivity index (χ0n) is 15.3. The summed E-state index contributed by atoms with van der Waals surface area (Å²) >= 11 is 1.82. The van der Waals surface area contributed by atoms with E-state index in [0.717, 1.165) is 44.9 Å². The summed E-state index contributed by atoms with van der Waals surface area (Å²) in [7, 11) is 0. The first-order chi connectivity index (χ1) is 11.8. The van der Waals surface area contributed by atoms with Crippen LogP contribution < -0.4 is 17.3 Å². The predicted molar refractivity (Wildman–Crippen MR) is 101 cm³/mol. The molecule has 0 bridgehead atoms. The molecule has 0 atom stereocenters. The van der Waals surface area contributed by atoms with Crippen LogP contribution in [0.3, 0.4) is 0 Å². The van der Waals surface area contributed by atoms with Crippen molar-refractivity contribution in [1.29, 1.82) is 0 Å². The predicted octanol–water partition coefficient (Wildman–Crippen LogP) is 0.132. The molecule has 140 valence electrons. The van der Waals surface area contributed by atoms with Crippen LogP contribution in [0.2, 0.25) is 0 Å². The molecule has 2 aliphatic rings. The molecule has 1 aromatic rings. The first-order valence-electron chi connectivity index (χ1n) is 9.54. The minimum Gasteiger partial charge on any atom is -1.00 e. The highest BCUT2D eigenvalue weighted by Gasteiger charge is 2.26. The van der Waals surface area contributed by atoms with Gasteiger partial charge in [-0.1, -0.05) is 44.2 Å². The number of thioether (sulfide) groups is 1. The van der Waals surface area contributed by atoms with Gasteiger partial charge in [0, 0.05) is 12.5 Å². The van der Waals surface area contributed by atoms with Gasteiger partial charge in [-0.3, -0.25) is 9.69 Å². The molecule has 1 saturated heterocycles. The van der Waals surface area contributed by atoms with E-state index in [2.05, 4.69) is 35.4 Å². The molecule has 3 rings (SSSR count). The van der Waals surface area contributed by atoms with E-state index in [1.807, 2.05) is 11.8 Å². The molecule has 1 aliphatic heterocycles. The smallest absolute Gasteiger partial charge is 0.222 e. The molecule has 2 fully saturated rings. The Morgan fingerprint density at radius 1 is 1.16 bits per heavy atom. The van der Waals surface area contributed by atoms with Gasteiger partial charge < -0.3 is 17.3 Å². The number of amides is 1. The van der Waals surface area contributed by atoms with Gasteiger partial charge in [-0.2, -0.15) is 0 Å². The highest BCUT2D eigenvalue weighted by molar-refractivity contribution is 7.98. The zero-order chi connectivity index (χ0) is 16.8. The van der Waals surface area contributed by atoms with E-state index in [9.17, 15) is 4.79 Å². The van der Waals surface area contributed by atoms with Gasteiger partial charge in [0.2, 0.25) is 5.91 Å². The van der Waals surface area contributed by atoms with E-state index in [0.29, 0.717) is 5.91 Å². The Bertz CT molecular complexity index is 540. The van der Waals surface area contributed by atoms with Crippen molar-refractivity contribution in [3.63, 3.8) is 0 Å². The second kappa shape index (κ2) is 10.4. The van der Waals surface area contributed by atoms with Gasteiger partial charge in [0.15, 0.2) is 0 Å². The average Bonchev–Trinajstić information content (AvgIpc) is 2.67. The van der Waals surface area contributed by atoms with E-state index in [1.54, 1.807) is 0 Å². The minimum atomic E-state index is 0. The number of nitrogens with zero attached hydrogens (tertiary/aromatic N) is 1. The monoisotopic (exact) mass is 382 g/mol. The van der Waals surface area contributed by atoms with Gasteiger partial charge in [-0.25, -0.2) is 0 Å². The van der Waals surface area contributed by atoms with Crippen LogP contribution in [0.4, 0.5) is 5.69 Å². The number of carbonyl (C=O) groups excluding carboxylic acids is 1. The Hall–Kier alpha value is -0.710. The van der Waals surface area contributed by atoms with Crippen molar-refractivity contribution in [2.75, 3.05) is 32.4 Å². The number of hydrogen-bond acceptors (Lipinski definition) is 2. The largest absolute Gasteiger partial charge is 1.00 e. The van der Waals surface area contributed by atoms with Gasteiger partial charge in [-0.15, -0.1) is 11.8 Å². The van der Waals surface area contributed by atoms with Gasteiger partial charge >= 0.3 is 0 Å². The molecule has 0 unspecified atom stereocenters. The summed E-state index contributed by atoms with van der Waals surface area (Å²) in [5.41, 5.74) is 1.40. The first kappa shape index (κ1) is 20.6. The van der Waals surface area contributed by atoms with Crippen molar-refractivity contribution in [3.8, 4) is 0 Å². The Labute approximate surface area is 162 Å². The van der Waals surface area contributed by atoms with Gasteiger partial charge in [0.1, 0.15) is 5.69 Å². The lowest BCUT2D eigenvalue weighted by Crippen LogP contribution is -3.10. The van der Waals surface area contributed by atoms with Gasteiger partial charge in [-0.05, 0) is 24.7 Å². The lowest BCUT2D eigenvalue weighted by atomic mass is 9.86. The van der Waals surface area contributed by atoms with Crippen molar-refractivity contribution >= 4 is 23.4 Å². The number of quaternary nitrogens is 1. The van der Waals surface area contributed by atoms with Crippen LogP contribution in [-0.4, -0.2) is 43.2 Å². The lowest BCUT2D eigenvalue weighted by molar-refractivity contribution is -0.839. The number of piperazine rings is 1. The van der Waals surface area contributed by atoms with Crippen LogP contribution in [0.5, 0.6) is 0 Å².